The van der Waals surface area contributed by atoms with E-state index in [4.69, 9.17) is 14.2 Å². The zero-order valence-electron chi connectivity index (χ0n) is 40.4. The molecule has 0 rings (SSSR count). The van der Waals surface area contributed by atoms with Crippen molar-refractivity contribution in [1.29, 1.82) is 0 Å². The second-order valence-electron chi connectivity index (χ2n) is 17.4. The van der Waals surface area contributed by atoms with E-state index in [1.807, 2.05) is 0 Å². The van der Waals surface area contributed by atoms with E-state index in [-0.39, 0.29) is 31.1 Å². The Kier molecular flexibility index (Phi) is 47.9. The Morgan fingerprint density at radius 3 is 1.02 bits per heavy atom. The standard InChI is InChI=1S/C55H98O6/c1-4-7-10-13-16-19-22-25-27-30-32-35-38-41-44-47-53(56)59-50-52(61-55(58)49-46-43-40-37-34-29-24-21-18-15-12-9-6-3)51-60-54(57)48-45-42-39-36-33-31-28-26-23-20-17-14-11-8-5-2/h7,10,16,19,25-28,52H,4-6,8-9,11-15,17-18,20-24,29-51H2,1-3H3/b10-7-,19-16-,27-25-,28-26-/t52-/m1/s1. The molecule has 0 N–H and O–H groups in total. The molecule has 0 saturated heterocycles. The van der Waals surface area contributed by atoms with Gasteiger partial charge in [0.1, 0.15) is 13.2 Å². The van der Waals surface area contributed by atoms with Crippen LogP contribution in [0.15, 0.2) is 48.6 Å². The molecular weight excluding hydrogens is 757 g/mol. The van der Waals surface area contributed by atoms with Gasteiger partial charge in [-0.1, -0.05) is 217 Å². The van der Waals surface area contributed by atoms with Gasteiger partial charge in [-0.05, 0) is 77.0 Å². The molecule has 0 aliphatic heterocycles. The molecule has 0 fully saturated rings. The molecule has 0 amide bonds. The van der Waals surface area contributed by atoms with Gasteiger partial charge in [-0.15, -0.1) is 0 Å². The first kappa shape index (κ1) is 58.4. The predicted molar refractivity (Wildman–Crippen MR) is 261 cm³/mol. The molecule has 354 valence electrons. The van der Waals surface area contributed by atoms with Crippen LogP contribution >= 0.6 is 0 Å². The average molecular weight is 855 g/mol. The summed E-state index contributed by atoms with van der Waals surface area (Å²) in [7, 11) is 0. The molecule has 0 bridgehead atoms. The second kappa shape index (κ2) is 50.0. The van der Waals surface area contributed by atoms with Gasteiger partial charge in [-0.3, -0.25) is 14.4 Å². The largest absolute Gasteiger partial charge is 0.462 e. The van der Waals surface area contributed by atoms with E-state index in [0.717, 1.165) is 103 Å². The Morgan fingerprint density at radius 1 is 0.344 bits per heavy atom. The van der Waals surface area contributed by atoms with Crippen molar-refractivity contribution in [3.05, 3.63) is 48.6 Å². The normalized spacial score (nSPS) is 12.4. The van der Waals surface area contributed by atoms with E-state index in [1.54, 1.807) is 0 Å². The van der Waals surface area contributed by atoms with Crippen molar-refractivity contribution < 1.29 is 28.6 Å². The van der Waals surface area contributed by atoms with Crippen LogP contribution < -0.4 is 0 Å². The fraction of sp³-hybridized carbons (Fsp3) is 0.800. The van der Waals surface area contributed by atoms with E-state index >= 15 is 0 Å². The molecule has 0 saturated carbocycles. The lowest BCUT2D eigenvalue weighted by Crippen LogP contribution is -2.30. The molecule has 6 heteroatoms. The van der Waals surface area contributed by atoms with Crippen LogP contribution in [0, 0.1) is 0 Å². The Morgan fingerprint density at radius 2 is 0.639 bits per heavy atom. The lowest BCUT2D eigenvalue weighted by molar-refractivity contribution is -0.167. The van der Waals surface area contributed by atoms with Crippen LogP contribution in [0.2, 0.25) is 0 Å². The molecule has 0 aromatic rings. The number of allylic oxidation sites excluding steroid dienone is 8. The van der Waals surface area contributed by atoms with Gasteiger partial charge in [-0.25, -0.2) is 0 Å². The van der Waals surface area contributed by atoms with Gasteiger partial charge in [-0.2, -0.15) is 0 Å². The maximum atomic E-state index is 12.8. The van der Waals surface area contributed by atoms with Crippen molar-refractivity contribution in [2.45, 2.75) is 271 Å². The number of hydrogen-bond acceptors (Lipinski definition) is 6. The third-order valence-corrected chi connectivity index (χ3v) is 11.3. The van der Waals surface area contributed by atoms with Crippen LogP contribution in [-0.4, -0.2) is 37.2 Å². The zero-order valence-corrected chi connectivity index (χ0v) is 40.4. The maximum absolute atomic E-state index is 12.8. The summed E-state index contributed by atoms with van der Waals surface area (Å²) in [4.78, 5) is 38.0. The summed E-state index contributed by atoms with van der Waals surface area (Å²) in [6.45, 7) is 6.51. The van der Waals surface area contributed by atoms with Gasteiger partial charge < -0.3 is 14.2 Å². The molecule has 0 aliphatic rings. The average Bonchev–Trinajstić information content (AvgIpc) is 3.26. The van der Waals surface area contributed by atoms with Crippen LogP contribution in [0.5, 0.6) is 0 Å². The second-order valence-corrected chi connectivity index (χ2v) is 17.4. The monoisotopic (exact) mass is 855 g/mol. The lowest BCUT2D eigenvalue weighted by atomic mass is 10.0. The highest BCUT2D eigenvalue weighted by Crippen LogP contribution is 2.15. The van der Waals surface area contributed by atoms with Gasteiger partial charge in [0.15, 0.2) is 6.10 Å². The molecular formula is C55H98O6. The highest BCUT2D eigenvalue weighted by atomic mass is 16.6. The van der Waals surface area contributed by atoms with Gasteiger partial charge >= 0.3 is 17.9 Å². The summed E-state index contributed by atoms with van der Waals surface area (Å²) < 4.78 is 16.8. The molecule has 0 aromatic heterocycles. The Bertz CT molecular complexity index is 1070. The third kappa shape index (κ3) is 48.3. The SMILES string of the molecule is CC/C=C\C/C=C\C/C=C\CCCCCCCC(=O)OC[C@H](COC(=O)CCCCCCC/C=C\CCCCCCCC)OC(=O)CCCCCCCCCCCCCCC. The molecule has 0 aliphatic carbocycles. The summed E-state index contributed by atoms with van der Waals surface area (Å²) in [5.74, 6) is -0.897. The minimum absolute atomic E-state index is 0.0808. The molecule has 0 radical (unpaired) electrons. The van der Waals surface area contributed by atoms with Crippen LogP contribution in [0.3, 0.4) is 0 Å². The van der Waals surface area contributed by atoms with Crippen molar-refractivity contribution >= 4 is 17.9 Å². The van der Waals surface area contributed by atoms with Gasteiger partial charge in [0.05, 0.1) is 0 Å². The van der Waals surface area contributed by atoms with Crippen molar-refractivity contribution in [2.75, 3.05) is 13.2 Å². The maximum Gasteiger partial charge on any atom is 0.306 e. The Balaban J connectivity index is 4.39. The van der Waals surface area contributed by atoms with Gasteiger partial charge in [0.2, 0.25) is 0 Å². The van der Waals surface area contributed by atoms with Crippen molar-refractivity contribution in [1.82, 2.24) is 0 Å². The number of rotatable bonds is 47. The predicted octanol–water partition coefficient (Wildman–Crippen LogP) is 17.1. The molecule has 0 aromatic carbocycles. The van der Waals surface area contributed by atoms with Crippen molar-refractivity contribution in [3.8, 4) is 0 Å². The van der Waals surface area contributed by atoms with E-state index in [9.17, 15) is 14.4 Å². The molecule has 0 unspecified atom stereocenters. The van der Waals surface area contributed by atoms with E-state index < -0.39 is 6.10 Å². The highest BCUT2D eigenvalue weighted by Gasteiger charge is 2.19. The summed E-state index contributed by atoms with van der Waals surface area (Å²) in [6.07, 6.45) is 59.5. The minimum atomic E-state index is -0.780. The molecule has 6 nitrogen and oxygen atoms in total. The smallest absolute Gasteiger partial charge is 0.306 e. The summed E-state index contributed by atoms with van der Waals surface area (Å²) in [6, 6.07) is 0. The van der Waals surface area contributed by atoms with Crippen molar-refractivity contribution in [3.63, 3.8) is 0 Å². The number of carbonyl (C=O) groups is 3. The lowest BCUT2D eigenvalue weighted by Gasteiger charge is -2.18. The first-order chi connectivity index (χ1) is 30.0. The van der Waals surface area contributed by atoms with Crippen LogP contribution in [-0.2, 0) is 28.6 Å². The van der Waals surface area contributed by atoms with Crippen molar-refractivity contribution in [2.24, 2.45) is 0 Å². The topological polar surface area (TPSA) is 78.9 Å². The van der Waals surface area contributed by atoms with E-state index in [0.29, 0.717) is 19.3 Å². The first-order valence-corrected chi connectivity index (χ1v) is 26.1. The van der Waals surface area contributed by atoms with Crippen LogP contribution in [0.1, 0.15) is 265 Å². The third-order valence-electron chi connectivity index (χ3n) is 11.3. The number of unbranched alkanes of at least 4 members (excludes halogenated alkanes) is 28. The summed E-state index contributed by atoms with van der Waals surface area (Å²) in [5, 5.41) is 0. The fourth-order valence-electron chi connectivity index (χ4n) is 7.39. The highest BCUT2D eigenvalue weighted by molar-refractivity contribution is 5.71. The van der Waals surface area contributed by atoms with E-state index in [1.165, 1.54) is 122 Å². The molecule has 0 spiro atoms. The molecule has 61 heavy (non-hydrogen) atoms. The number of esters is 3. The zero-order chi connectivity index (χ0) is 44.4. The Hall–Kier alpha value is -2.63. The number of carbonyl (C=O) groups excluding carboxylic acids is 3. The summed E-state index contributed by atoms with van der Waals surface area (Å²) in [5.41, 5.74) is 0. The molecule has 1 atom stereocenters. The van der Waals surface area contributed by atoms with Gasteiger partial charge in [0, 0.05) is 19.3 Å². The first-order valence-electron chi connectivity index (χ1n) is 26.1. The summed E-state index contributed by atoms with van der Waals surface area (Å²) >= 11 is 0. The quantitative estimate of drug-likeness (QED) is 0.0263. The van der Waals surface area contributed by atoms with Crippen LogP contribution in [0.4, 0.5) is 0 Å². The number of hydrogen-bond donors (Lipinski definition) is 0. The minimum Gasteiger partial charge on any atom is -0.462 e. The Labute approximate surface area is 378 Å². The fourth-order valence-corrected chi connectivity index (χ4v) is 7.39. The van der Waals surface area contributed by atoms with E-state index in [2.05, 4.69) is 69.4 Å². The van der Waals surface area contributed by atoms with Crippen LogP contribution in [0.25, 0.3) is 0 Å². The molecule has 0 heterocycles. The van der Waals surface area contributed by atoms with Gasteiger partial charge in [0.25, 0.3) is 0 Å². The number of ether oxygens (including phenoxy) is 3.